The molecule has 0 saturated heterocycles. The molecule has 0 aliphatic heterocycles. The number of benzene rings is 1. The molecule has 26 heavy (non-hydrogen) atoms. The molecular formula is C18H22N6O2. The van der Waals surface area contributed by atoms with Gasteiger partial charge >= 0.3 is 0 Å². The van der Waals surface area contributed by atoms with Gasteiger partial charge in [0.05, 0.1) is 13.1 Å². The fraction of sp³-hybridized carbons (Fsp3) is 0.222. The third kappa shape index (κ3) is 6.70. The molecule has 1 aromatic heterocycles. The molecule has 6 N–H and O–H groups in total. The van der Waals surface area contributed by atoms with Crippen molar-refractivity contribution in [3.05, 3.63) is 65.5 Å². The van der Waals surface area contributed by atoms with Crippen LogP contribution in [0.1, 0.15) is 16.7 Å². The molecular weight excluding hydrogens is 332 g/mol. The first-order valence-electron chi connectivity index (χ1n) is 8.11. The van der Waals surface area contributed by atoms with Crippen molar-refractivity contribution in [3.8, 4) is 0 Å². The molecule has 0 saturated carbocycles. The SMILES string of the molecule is N=C(N)c1ccc(CNCC(=O)NCC(=O)NCc2ccncc2)cc1. The van der Waals surface area contributed by atoms with Gasteiger partial charge in [-0.3, -0.25) is 20.0 Å². The fourth-order valence-corrected chi connectivity index (χ4v) is 2.13. The number of carbonyl (C=O) groups excluding carboxylic acids is 2. The Morgan fingerprint density at radius 1 is 0.885 bits per heavy atom. The zero-order valence-corrected chi connectivity index (χ0v) is 14.3. The van der Waals surface area contributed by atoms with Crippen LogP contribution in [-0.4, -0.2) is 35.7 Å². The van der Waals surface area contributed by atoms with Crippen molar-refractivity contribution in [3.63, 3.8) is 0 Å². The highest BCUT2D eigenvalue weighted by Gasteiger charge is 2.05. The van der Waals surface area contributed by atoms with Gasteiger partial charge in [0.1, 0.15) is 5.84 Å². The smallest absolute Gasteiger partial charge is 0.239 e. The molecule has 2 rings (SSSR count). The first-order chi connectivity index (χ1) is 12.5. The fourth-order valence-electron chi connectivity index (χ4n) is 2.13. The quantitative estimate of drug-likeness (QED) is 0.316. The lowest BCUT2D eigenvalue weighted by Gasteiger charge is -2.08. The highest BCUT2D eigenvalue weighted by molar-refractivity contribution is 5.94. The van der Waals surface area contributed by atoms with Gasteiger partial charge in [0.25, 0.3) is 0 Å². The zero-order valence-electron chi connectivity index (χ0n) is 14.3. The van der Waals surface area contributed by atoms with E-state index in [1.54, 1.807) is 24.5 Å². The van der Waals surface area contributed by atoms with Gasteiger partial charge < -0.3 is 21.7 Å². The Bertz CT molecular complexity index is 746. The van der Waals surface area contributed by atoms with E-state index in [0.717, 1.165) is 11.1 Å². The first kappa shape index (κ1) is 19.1. The van der Waals surface area contributed by atoms with Gasteiger partial charge in [0, 0.05) is 31.0 Å². The number of nitrogen functional groups attached to an aromatic ring is 1. The van der Waals surface area contributed by atoms with Crippen LogP contribution in [0.3, 0.4) is 0 Å². The number of rotatable bonds is 9. The minimum Gasteiger partial charge on any atom is -0.384 e. The van der Waals surface area contributed by atoms with Crippen LogP contribution in [0.4, 0.5) is 0 Å². The molecule has 0 radical (unpaired) electrons. The van der Waals surface area contributed by atoms with Crippen LogP contribution in [0, 0.1) is 5.41 Å². The number of aromatic nitrogens is 1. The van der Waals surface area contributed by atoms with E-state index in [9.17, 15) is 9.59 Å². The van der Waals surface area contributed by atoms with E-state index >= 15 is 0 Å². The molecule has 0 aliphatic carbocycles. The van der Waals surface area contributed by atoms with Gasteiger partial charge in [0.2, 0.25) is 11.8 Å². The summed E-state index contributed by atoms with van der Waals surface area (Å²) in [6.45, 7) is 0.927. The largest absolute Gasteiger partial charge is 0.384 e. The molecule has 2 aromatic rings. The number of pyridine rings is 1. The third-order valence-electron chi connectivity index (χ3n) is 3.56. The summed E-state index contributed by atoms with van der Waals surface area (Å²) in [7, 11) is 0. The van der Waals surface area contributed by atoms with Crippen LogP contribution in [0.25, 0.3) is 0 Å². The van der Waals surface area contributed by atoms with Crippen LogP contribution in [0.2, 0.25) is 0 Å². The van der Waals surface area contributed by atoms with Gasteiger partial charge in [-0.15, -0.1) is 0 Å². The second-order valence-electron chi connectivity index (χ2n) is 5.62. The monoisotopic (exact) mass is 354 g/mol. The molecule has 8 nitrogen and oxygen atoms in total. The Balaban J connectivity index is 1.61. The summed E-state index contributed by atoms with van der Waals surface area (Å²) >= 11 is 0. The second kappa shape index (κ2) is 9.90. The van der Waals surface area contributed by atoms with E-state index < -0.39 is 0 Å². The number of hydrogen-bond donors (Lipinski definition) is 5. The molecule has 0 unspecified atom stereocenters. The summed E-state index contributed by atoms with van der Waals surface area (Å²) in [5.74, 6) is -0.495. The Hall–Kier alpha value is -3.26. The average molecular weight is 354 g/mol. The molecule has 136 valence electrons. The van der Waals surface area contributed by atoms with E-state index in [2.05, 4.69) is 20.9 Å². The average Bonchev–Trinajstić information content (AvgIpc) is 2.66. The maximum Gasteiger partial charge on any atom is 0.239 e. The molecule has 1 aromatic carbocycles. The number of hydrogen-bond acceptors (Lipinski definition) is 5. The van der Waals surface area contributed by atoms with E-state index in [4.69, 9.17) is 11.1 Å². The maximum absolute atomic E-state index is 11.7. The number of amidine groups is 1. The van der Waals surface area contributed by atoms with Crippen molar-refractivity contribution in [2.45, 2.75) is 13.1 Å². The number of nitrogens with one attached hydrogen (secondary N) is 4. The molecule has 1 heterocycles. The van der Waals surface area contributed by atoms with E-state index in [-0.39, 0.29) is 30.7 Å². The first-order valence-corrected chi connectivity index (χ1v) is 8.11. The van der Waals surface area contributed by atoms with E-state index in [1.807, 2.05) is 24.3 Å². The summed E-state index contributed by atoms with van der Waals surface area (Å²) in [5, 5.41) is 15.6. The molecule has 0 fully saturated rings. The van der Waals surface area contributed by atoms with E-state index in [0.29, 0.717) is 18.7 Å². The Morgan fingerprint density at radius 2 is 1.50 bits per heavy atom. The van der Waals surface area contributed by atoms with Crippen molar-refractivity contribution in [1.82, 2.24) is 20.9 Å². The van der Waals surface area contributed by atoms with Crippen molar-refractivity contribution in [2.24, 2.45) is 5.73 Å². The Kier molecular flexibility index (Phi) is 7.26. The summed E-state index contributed by atoms with van der Waals surface area (Å²) in [6.07, 6.45) is 3.31. The Labute approximate surface area is 151 Å². The summed E-state index contributed by atoms with van der Waals surface area (Å²) in [5.41, 5.74) is 7.96. The van der Waals surface area contributed by atoms with Crippen LogP contribution >= 0.6 is 0 Å². The Morgan fingerprint density at radius 3 is 2.15 bits per heavy atom. The lowest BCUT2D eigenvalue weighted by Crippen LogP contribution is -2.40. The van der Waals surface area contributed by atoms with Crippen LogP contribution in [-0.2, 0) is 22.7 Å². The summed E-state index contributed by atoms with van der Waals surface area (Å²) in [4.78, 5) is 27.4. The van der Waals surface area contributed by atoms with Crippen molar-refractivity contribution < 1.29 is 9.59 Å². The molecule has 0 bridgehead atoms. The van der Waals surface area contributed by atoms with E-state index in [1.165, 1.54) is 0 Å². The predicted molar refractivity (Wildman–Crippen MR) is 98.3 cm³/mol. The number of nitrogens with zero attached hydrogens (tertiary/aromatic N) is 1. The highest BCUT2D eigenvalue weighted by atomic mass is 16.2. The van der Waals surface area contributed by atoms with Gasteiger partial charge in [-0.1, -0.05) is 24.3 Å². The van der Waals surface area contributed by atoms with Crippen molar-refractivity contribution in [1.29, 1.82) is 5.41 Å². The van der Waals surface area contributed by atoms with Crippen LogP contribution in [0.5, 0.6) is 0 Å². The minimum absolute atomic E-state index is 0.0195. The topological polar surface area (TPSA) is 133 Å². The molecule has 2 amide bonds. The van der Waals surface area contributed by atoms with Gasteiger partial charge in [0.15, 0.2) is 0 Å². The molecule has 0 spiro atoms. The maximum atomic E-state index is 11.7. The number of carbonyl (C=O) groups is 2. The van der Waals surface area contributed by atoms with Crippen molar-refractivity contribution >= 4 is 17.6 Å². The predicted octanol–water partition coefficient (Wildman–Crippen LogP) is -0.112. The lowest BCUT2D eigenvalue weighted by atomic mass is 10.1. The standard InChI is InChI=1S/C18H22N6O2/c19-18(20)15-3-1-13(2-4-15)9-22-11-16(25)24-12-17(26)23-10-14-5-7-21-8-6-14/h1-8,22H,9-12H2,(H3,19,20)(H,23,26)(H,24,25). The third-order valence-corrected chi connectivity index (χ3v) is 3.56. The highest BCUT2D eigenvalue weighted by Crippen LogP contribution is 2.03. The van der Waals surface area contributed by atoms with Crippen molar-refractivity contribution in [2.75, 3.05) is 13.1 Å². The molecule has 0 atom stereocenters. The normalized spacial score (nSPS) is 10.2. The van der Waals surface area contributed by atoms with Gasteiger partial charge in [-0.05, 0) is 23.3 Å². The summed E-state index contributed by atoms with van der Waals surface area (Å²) < 4.78 is 0. The summed E-state index contributed by atoms with van der Waals surface area (Å²) in [6, 6.07) is 10.8. The number of amides is 2. The van der Waals surface area contributed by atoms with Gasteiger partial charge in [-0.2, -0.15) is 0 Å². The molecule has 0 aliphatic rings. The van der Waals surface area contributed by atoms with Crippen LogP contribution in [0.15, 0.2) is 48.8 Å². The minimum atomic E-state index is -0.260. The van der Waals surface area contributed by atoms with Gasteiger partial charge in [-0.25, -0.2) is 0 Å². The second-order valence-corrected chi connectivity index (χ2v) is 5.62. The molecule has 8 heteroatoms. The van der Waals surface area contributed by atoms with Crippen LogP contribution < -0.4 is 21.7 Å². The number of nitrogens with two attached hydrogens (primary N) is 1. The lowest BCUT2D eigenvalue weighted by molar-refractivity contribution is -0.125. The zero-order chi connectivity index (χ0) is 18.8.